The predicted molar refractivity (Wildman–Crippen MR) is 88.3 cm³/mol. The van der Waals surface area contributed by atoms with Crippen molar-refractivity contribution in [2.24, 2.45) is 0 Å². The first-order chi connectivity index (χ1) is 9.33. The topological polar surface area (TPSA) is 36.4 Å². The fourth-order valence-electron chi connectivity index (χ4n) is 3.66. The fourth-order valence-corrected chi connectivity index (χ4v) is 17.9. The van der Waals surface area contributed by atoms with E-state index >= 15 is 0 Å². The van der Waals surface area contributed by atoms with Gasteiger partial charge in [0.15, 0.2) is 0 Å². The zero-order valence-corrected chi connectivity index (χ0v) is 14.8. The molecule has 3 rings (SSSR count). The van der Waals surface area contributed by atoms with E-state index in [1.807, 2.05) is 23.4 Å². The molecule has 1 aromatic rings. The second-order valence-electron chi connectivity index (χ2n) is 7.12. The molecule has 0 atom stereocenters. The molecular weight excluding hydrogens is 282 g/mol. The number of carbonyl (C=O) groups excluding carboxylic acids is 1. The second-order valence-corrected chi connectivity index (χ2v) is 16.7. The van der Waals surface area contributed by atoms with Crippen LogP contribution in [0.15, 0.2) is 18.5 Å². The van der Waals surface area contributed by atoms with Crippen molar-refractivity contribution in [2.45, 2.75) is 44.7 Å². The van der Waals surface area contributed by atoms with Crippen LogP contribution in [-0.2, 0) is 4.79 Å². The zero-order chi connectivity index (χ0) is 14.5. The van der Waals surface area contributed by atoms with Crippen molar-refractivity contribution in [3.05, 3.63) is 18.5 Å². The lowest BCUT2D eigenvalue weighted by atomic mass is 10.1. The van der Waals surface area contributed by atoms with Gasteiger partial charge in [-0.05, 0) is 18.2 Å². The molecule has 3 heterocycles. The van der Waals surface area contributed by atoms with E-state index in [2.05, 4.69) is 35.4 Å². The molecule has 1 amide bonds. The van der Waals surface area contributed by atoms with Crippen molar-refractivity contribution in [2.75, 3.05) is 15.7 Å². The number of pyridine rings is 1. The Kier molecular flexibility index (Phi) is 3.06. The van der Waals surface area contributed by atoms with Gasteiger partial charge in [0.1, 0.15) is 16.5 Å². The van der Waals surface area contributed by atoms with Crippen molar-refractivity contribution in [3.63, 3.8) is 0 Å². The number of rotatable bonds is 2. The predicted octanol–water partition coefficient (Wildman–Crippen LogP) is 3.05. The maximum atomic E-state index is 11.8. The van der Waals surface area contributed by atoms with Crippen LogP contribution in [0.5, 0.6) is 0 Å². The lowest BCUT2D eigenvalue weighted by Crippen LogP contribution is -2.56. The molecule has 0 N–H and O–H groups in total. The first-order valence-corrected chi connectivity index (χ1v) is 13.7. The van der Waals surface area contributed by atoms with Crippen molar-refractivity contribution < 1.29 is 4.79 Å². The quantitative estimate of drug-likeness (QED) is 0.622. The molecule has 2 aliphatic rings. The molecule has 1 aromatic heterocycles. The number of hydrogen-bond acceptors (Lipinski definition) is 3. The van der Waals surface area contributed by atoms with Crippen LogP contribution in [0.4, 0.5) is 11.4 Å². The van der Waals surface area contributed by atoms with Gasteiger partial charge >= 0.3 is 0 Å². The third-order valence-electron chi connectivity index (χ3n) is 4.72. The molecule has 4 nitrogen and oxygen atoms in total. The summed E-state index contributed by atoms with van der Waals surface area (Å²) in [6.45, 7) is 10.6. The third-order valence-corrected chi connectivity index (χ3v) is 14.7. The highest BCUT2D eigenvalue weighted by Crippen LogP contribution is 2.44. The van der Waals surface area contributed by atoms with Gasteiger partial charge in [-0.1, -0.05) is 26.2 Å². The number of anilines is 2. The number of aromatic nitrogens is 1. The highest BCUT2D eigenvalue weighted by atomic mass is 28.4. The Labute approximate surface area is 123 Å². The Morgan fingerprint density at radius 3 is 2.25 bits per heavy atom. The Hall–Kier alpha value is -1.15. The second kappa shape index (κ2) is 4.42. The number of β-lactam (4-membered cyclic amide) rings is 1. The summed E-state index contributed by atoms with van der Waals surface area (Å²) < 4.78 is 2.73. The van der Waals surface area contributed by atoms with Crippen LogP contribution >= 0.6 is 0 Å². The molecule has 0 aliphatic carbocycles. The van der Waals surface area contributed by atoms with Crippen LogP contribution in [-0.4, -0.2) is 33.9 Å². The van der Waals surface area contributed by atoms with Crippen LogP contribution in [0.25, 0.3) is 0 Å². The minimum Gasteiger partial charge on any atom is -0.421 e. The van der Waals surface area contributed by atoms with Crippen molar-refractivity contribution >= 4 is 33.8 Å². The van der Waals surface area contributed by atoms with Crippen LogP contribution in [0.2, 0.25) is 38.3 Å². The smallest absolute Gasteiger partial charge is 0.228 e. The summed E-state index contributed by atoms with van der Waals surface area (Å²) in [4.78, 5) is 18.1. The van der Waals surface area contributed by atoms with Crippen molar-refractivity contribution in [3.8, 4) is 0 Å². The summed E-state index contributed by atoms with van der Waals surface area (Å²) in [5.74, 6) is 0.246. The summed E-state index contributed by atoms with van der Waals surface area (Å²) in [5, 5.41) is 0. The van der Waals surface area contributed by atoms with Crippen LogP contribution in [0.3, 0.4) is 0 Å². The molecule has 0 aromatic carbocycles. The lowest BCUT2D eigenvalue weighted by Gasteiger charge is -2.44. The summed E-state index contributed by atoms with van der Waals surface area (Å²) >= 11 is 0. The van der Waals surface area contributed by atoms with Crippen LogP contribution in [0, 0.1) is 0 Å². The molecule has 0 spiro atoms. The number of amides is 1. The standard InChI is InChI=1S/C14H23N3OSi2/c1-19(2)9-10-20(3,4)17(19)13-11-15-7-5-12(13)16-8-6-14(16)18/h5,7,11H,6,8-10H2,1-4H3. The molecule has 108 valence electrons. The molecular formula is C14H23N3OSi2. The van der Waals surface area contributed by atoms with E-state index < -0.39 is 16.5 Å². The molecule has 2 fully saturated rings. The van der Waals surface area contributed by atoms with E-state index in [1.54, 1.807) is 0 Å². The maximum Gasteiger partial charge on any atom is 0.228 e. The zero-order valence-electron chi connectivity index (χ0n) is 12.8. The molecule has 0 saturated carbocycles. The minimum atomic E-state index is -1.42. The van der Waals surface area contributed by atoms with E-state index in [0.717, 1.165) is 12.2 Å². The molecule has 6 heteroatoms. The summed E-state index contributed by atoms with van der Waals surface area (Å²) in [6.07, 6.45) is 4.47. The van der Waals surface area contributed by atoms with E-state index in [0.29, 0.717) is 6.42 Å². The number of nitrogens with zero attached hydrogens (tertiary/aromatic N) is 3. The number of carbonyl (C=O) groups is 1. The average molecular weight is 306 g/mol. The highest BCUT2D eigenvalue weighted by Gasteiger charge is 2.48. The third kappa shape index (κ3) is 2.01. The summed E-state index contributed by atoms with van der Waals surface area (Å²) in [6, 6.07) is 4.72. The molecule has 0 unspecified atom stereocenters. The van der Waals surface area contributed by atoms with E-state index in [4.69, 9.17) is 0 Å². The van der Waals surface area contributed by atoms with Crippen molar-refractivity contribution in [1.82, 2.24) is 4.98 Å². The SMILES string of the molecule is C[Si]1(C)CC[Si](C)(C)N1c1cnccc1N1CCC1=O. The summed E-state index contributed by atoms with van der Waals surface area (Å²) in [7, 11) is -2.83. The molecule has 0 radical (unpaired) electrons. The minimum absolute atomic E-state index is 0.246. The maximum absolute atomic E-state index is 11.8. The van der Waals surface area contributed by atoms with Gasteiger partial charge in [-0.15, -0.1) is 0 Å². The largest absolute Gasteiger partial charge is 0.421 e. The Morgan fingerprint density at radius 1 is 1.10 bits per heavy atom. The van der Waals surface area contributed by atoms with Gasteiger partial charge in [-0.2, -0.15) is 0 Å². The normalized spacial score (nSPS) is 23.9. The van der Waals surface area contributed by atoms with Gasteiger partial charge < -0.3 is 9.13 Å². The van der Waals surface area contributed by atoms with Gasteiger partial charge in [0.05, 0.1) is 17.6 Å². The fraction of sp³-hybridized carbons (Fsp3) is 0.571. The van der Waals surface area contributed by atoms with Gasteiger partial charge in [0, 0.05) is 19.2 Å². The molecule has 0 bridgehead atoms. The molecule has 20 heavy (non-hydrogen) atoms. The highest BCUT2D eigenvalue weighted by molar-refractivity contribution is 7.04. The van der Waals surface area contributed by atoms with E-state index in [1.165, 1.54) is 17.8 Å². The summed E-state index contributed by atoms with van der Waals surface area (Å²) in [5.41, 5.74) is 2.30. The van der Waals surface area contributed by atoms with Gasteiger partial charge in [0.2, 0.25) is 5.91 Å². The van der Waals surface area contributed by atoms with Crippen LogP contribution in [0.1, 0.15) is 6.42 Å². The first kappa shape index (κ1) is 13.8. The first-order valence-electron chi connectivity index (χ1n) is 7.38. The van der Waals surface area contributed by atoms with Gasteiger partial charge in [-0.25, -0.2) is 0 Å². The number of hydrogen-bond donors (Lipinski definition) is 0. The Bertz CT molecular complexity index is 543. The van der Waals surface area contributed by atoms with Crippen LogP contribution < -0.4 is 9.13 Å². The Morgan fingerprint density at radius 2 is 1.75 bits per heavy atom. The molecule has 2 aliphatic heterocycles. The lowest BCUT2D eigenvalue weighted by molar-refractivity contribution is -0.122. The molecule has 2 saturated heterocycles. The average Bonchev–Trinajstić information content (AvgIpc) is 2.58. The van der Waals surface area contributed by atoms with E-state index in [-0.39, 0.29) is 5.91 Å². The Balaban J connectivity index is 2.08. The van der Waals surface area contributed by atoms with Gasteiger partial charge in [-0.3, -0.25) is 9.78 Å². The van der Waals surface area contributed by atoms with Crippen molar-refractivity contribution in [1.29, 1.82) is 0 Å². The van der Waals surface area contributed by atoms with Gasteiger partial charge in [0.25, 0.3) is 0 Å². The van der Waals surface area contributed by atoms with E-state index in [9.17, 15) is 4.79 Å². The monoisotopic (exact) mass is 305 g/mol.